The molecule has 0 radical (unpaired) electrons. The Morgan fingerprint density at radius 2 is 2.09 bits per heavy atom. The van der Waals surface area contributed by atoms with Crippen molar-refractivity contribution in [1.82, 2.24) is 10.2 Å². The van der Waals surface area contributed by atoms with E-state index in [9.17, 15) is 4.79 Å². The van der Waals surface area contributed by atoms with Crippen LogP contribution in [0.25, 0.3) is 11.0 Å². The number of piperidine rings is 1. The van der Waals surface area contributed by atoms with E-state index in [2.05, 4.69) is 5.32 Å². The van der Waals surface area contributed by atoms with Crippen molar-refractivity contribution < 1.29 is 13.9 Å². The number of amides is 1. The Hall–Kier alpha value is -1.85. The summed E-state index contributed by atoms with van der Waals surface area (Å²) >= 11 is 0. The molecule has 22 heavy (non-hydrogen) atoms. The molecule has 5 heteroatoms. The molecule has 2 aromatic rings. The summed E-state index contributed by atoms with van der Waals surface area (Å²) in [5.74, 6) is 0.814. The average molecular weight is 302 g/mol. The zero-order chi connectivity index (χ0) is 15.6. The molecule has 0 saturated carbocycles. The van der Waals surface area contributed by atoms with Gasteiger partial charge in [-0.3, -0.25) is 4.79 Å². The minimum atomic E-state index is -0.702. The van der Waals surface area contributed by atoms with Crippen LogP contribution in [-0.4, -0.2) is 43.7 Å². The number of benzene rings is 1. The van der Waals surface area contributed by atoms with Gasteiger partial charge in [-0.2, -0.15) is 0 Å². The molecule has 0 unspecified atom stereocenters. The largest absolute Gasteiger partial charge is 0.459 e. The van der Waals surface area contributed by atoms with Crippen molar-refractivity contribution in [3.63, 3.8) is 0 Å². The second-order valence-corrected chi connectivity index (χ2v) is 5.86. The van der Waals surface area contributed by atoms with Gasteiger partial charge in [-0.1, -0.05) is 18.2 Å². The Morgan fingerprint density at radius 1 is 1.36 bits per heavy atom. The minimum Gasteiger partial charge on any atom is -0.459 e. The maximum atomic E-state index is 12.8. The summed E-state index contributed by atoms with van der Waals surface area (Å²) in [6.45, 7) is 2.06. The van der Waals surface area contributed by atoms with Crippen LogP contribution in [0.5, 0.6) is 0 Å². The summed E-state index contributed by atoms with van der Waals surface area (Å²) in [4.78, 5) is 14.5. The normalized spacial score (nSPS) is 17.5. The molecule has 118 valence electrons. The quantitative estimate of drug-likeness (QED) is 0.940. The van der Waals surface area contributed by atoms with Gasteiger partial charge in [0.15, 0.2) is 0 Å². The Morgan fingerprint density at radius 3 is 2.77 bits per heavy atom. The molecule has 1 N–H and O–H groups in total. The predicted octanol–water partition coefficient (Wildman–Crippen LogP) is 2.16. The van der Waals surface area contributed by atoms with Crippen LogP contribution >= 0.6 is 0 Å². The lowest BCUT2D eigenvalue weighted by molar-refractivity contribution is -0.157. The molecule has 0 spiro atoms. The third kappa shape index (κ3) is 2.74. The molecule has 1 fully saturated rings. The topological polar surface area (TPSA) is 54.7 Å². The number of ether oxygens (including phenoxy) is 1. The number of furan rings is 1. The number of hydrogen-bond acceptors (Lipinski definition) is 4. The Labute approximate surface area is 130 Å². The number of fused-ring (bicyclic) bond motifs is 1. The first-order valence-corrected chi connectivity index (χ1v) is 7.63. The van der Waals surface area contributed by atoms with Crippen LogP contribution in [0.3, 0.4) is 0 Å². The van der Waals surface area contributed by atoms with Crippen molar-refractivity contribution in [3.8, 4) is 0 Å². The zero-order valence-electron chi connectivity index (χ0n) is 13.1. The van der Waals surface area contributed by atoms with Crippen LogP contribution in [0.15, 0.2) is 34.7 Å². The van der Waals surface area contributed by atoms with E-state index in [0.29, 0.717) is 19.4 Å². The lowest BCUT2D eigenvalue weighted by atomic mass is 9.90. The second-order valence-electron chi connectivity index (χ2n) is 5.86. The van der Waals surface area contributed by atoms with Gasteiger partial charge in [0.25, 0.3) is 5.91 Å². The van der Waals surface area contributed by atoms with Crippen molar-refractivity contribution >= 4 is 16.9 Å². The van der Waals surface area contributed by atoms with Gasteiger partial charge in [0, 0.05) is 19.5 Å². The van der Waals surface area contributed by atoms with Crippen molar-refractivity contribution in [1.29, 1.82) is 0 Å². The SMILES string of the molecule is COC1(C(=O)N(C)Cc2cc3ccccc3o2)CCNCC1. The van der Waals surface area contributed by atoms with Gasteiger partial charge in [-0.25, -0.2) is 0 Å². The van der Waals surface area contributed by atoms with E-state index >= 15 is 0 Å². The third-order valence-corrected chi connectivity index (χ3v) is 4.41. The smallest absolute Gasteiger partial charge is 0.255 e. The molecule has 1 aromatic carbocycles. The van der Waals surface area contributed by atoms with Gasteiger partial charge in [0.2, 0.25) is 0 Å². The van der Waals surface area contributed by atoms with Crippen molar-refractivity contribution in [2.24, 2.45) is 0 Å². The first-order chi connectivity index (χ1) is 10.6. The summed E-state index contributed by atoms with van der Waals surface area (Å²) in [6.07, 6.45) is 1.40. The number of hydrogen-bond donors (Lipinski definition) is 1. The van der Waals surface area contributed by atoms with Crippen molar-refractivity contribution in [2.75, 3.05) is 27.2 Å². The maximum absolute atomic E-state index is 12.8. The Balaban J connectivity index is 1.75. The van der Waals surface area contributed by atoms with Crippen molar-refractivity contribution in [3.05, 3.63) is 36.1 Å². The highest BCUT2D eigenvalue weighted by molar-refractivity contribution is 5.85. The number of carbonyl (C=O) groups is 1. The Bertz CT molecular complexity index is 626. The van der Waals surface area contributed by atoms with Crippen LogP contribution in [0.2, 0.25) is 0 Å². The number of likely N-dealkylation sites (N-methyl/N-ethyl adjacent to an activating group) is 1. The number of carbonyl (C=O) groups excluding carboxylic acids is 1. The number of rotatable bonds is 4. The molecular formula is C17H22N2O3. The standard InChI is InChI=1S/C17H22N2O3/c1-19(16(20)17(21-2)7-9-18-10-8-17)12-14-11-13-5-3-4-6-15(13)22-14/h3-6,11,18H,7-10,12H2,1-2H3. The van der Waals surface area contributed by atoms with E-state index in [4.69, 9.17) is 9.15 Å². The van der Waals surface area contributed by atoms with E-state index in [1.807, 2.05) is 30.3 Å². The predicted molar refractivity (Wildman–Crippen MR) is 84.5 cm³/mol. The van der Waals surface area contributed by atoms with Gasteiger partial charge in [-0.05, 0) is 38.1 Å². The molecular weight excluding hydrogens is 280 g/mol. The summed E-state index contributed by atoms with van der Waals surface area (Å²) in [7, 11) is 3.43. The first kappa shape index (κ1) is 15.1. The van der Waals surface area contributed by atoms with Gasteiger partial charge in [0.1, 0.15) is 16.9 Å². The van der Waals surface area contributed by atoms with E-state index in [0.717, 1.165) is 29.8 Å². The molecule has 1 amide bonds. The fraction of sp³-hybridized carbons (Fsp3) is 0.471. The van der Waals surface area contributed by atoms with Gasteiger partial charge < -0.3 is 19.4 Å². The Kier molecular flexibility index (Phi) is 4.18. The summed E-state index contributed by atoms with van der Waals surface area (Å²) < 4.78 is 11.4. The van der Waals surface area contributed by atoms with Crippen LogP contribution in [0, 0.1) is 0 Å². The highest BCUT2D eigenvalue weighted by atomic mass is 16.5. The molecule has 2 heterocycles. The molecule has 3 rings (SSSR count). The van der Waals surface area contributed by atoms with Gasteiger partial charge in [0.05, 0.1) is 6.54 Å². The van der Waals surface area contributed by atoms with E-state index in [1.54, 1.807) is 19.1 Å². The van der Waals surface area contributed by atoms with Gasteiger partial charge >= 0.3 is 0 Å². The summed E-state index contributed by atoms with van der Waals surface area (Å²) in [5, 5.41) is 4.32. The molecule has 0 aliphatic carbocycles. The summed E-state index contributed by atoms with van der Waals surface area (Å²) in [5.41, 5.74) is 0.146. The number of methoxy groups -OCH3 is 1. The van der Waals surface area contributed by atoms with Crippen LogP contribution in [-0.2, 0) is 16.1 Å². The lowest BCUT2D eigenvalue weighted by Crippen LogP contribution is -2.54. The molecule has 5 nitrogen and oxygen atoms in total. The van der Waals surface area contributed by atoms with E-state index in [-0.39, 0.29) is 5.91 Å². The lowest BCUT2D eigenvalue weighted by Gasteiger charge is -2.37. The summed E-state index contributed by atoms with van der Waals surface area (Å²) in [6, 6.07) is 9.85. The molecule has 0 atom stereocenters. The molecule has 1 aliphatic heterocycles. The fourth-order valence-corrected chi connectivity index (χ4v) is 3.10. The molecule has 1 aromatic heterocycles. The van der Waals surface area contributed by atoms with E-state index in [1.165, 1.54) is 0 Å². The third-order valence-electron chi connectivity index (χ3n) is 4.41. The highest BCUT2D eigenvalue weighted by Gasteiger charge is 2.41. The van der Waals surface area contributed by atoms with Crippen LogP contribution < -0.4 is 5.32 Å². The second kappa shape index (κ2) is 6.10. The number of nitrogens with zero attached hydrogens (tertiary/aromatic N) is 1. The molecule has 0 bridgehead atoms. The molecule has 1 saturated heterocycles. The van der Waals surface area contributed by atoms with Crippen LogP contribution in [0.4, 0.5) is 0 Å². The monoisotopic (exact) mass is 302 g/mol. The maximum Gasteiger partial charge on any atom is 0.255 e. The number of para-hydroxylation sites is 1. The zero-order valence-corrected chi connectivity index (χ0v) is 13.1. The fourth-order valence-electron chi connectivity index (χ4n) is 3.10. The van der Waals surface area contributed by atoms with E-state index < -0.39 is 5.60 Å². The minimum absolute atomic E-state index is 0.0250. The average Bonchev–Trinajstić information content (AvgIpc) is 2.96. The first-order valence-electron chi connectivity index (χ1n) is 7.63. The molecule has 1 aliphatic rings. The highest BCUT2D eigenvalue weighted by Crippen LogP contribution is 2.26. The van der Waals surface area contributed by atoms with Crippen molar-refractivity contribution in [2.45, 2.75) is 25.0 Å². The van der Waals surface area contributed by atoms with Gasteiger partial charge in [-0.15, -0.1) is 0 Å². The number of nitrogens with one attached hydrogen (secondary N) is 1. The van der Waals surface area contributed by atoms with Crippen LogP contribution in [0.1, 0.15) is 18.6 Å².